The van der Waals surface area contributed by atoms with Gasteiger partial charge in [0.1, 0.15) is 23.0 Å². The molecule has 0 saturated heterocycles. The van der Waals surface area contributed by atoms with E-state index in [1.54, 1.807) is 20.0 Å². The average Bonchev–Trinajstić information content (AvgIpc) is 3.09. The Balaban J connectivity index is 1.87. The van der Waals surface area contributed by atoms with Gasteiger partial charge in [-0.3, -0.25) is 4.68 Å². The molecule has 0 aliphatic rings. The third-order valence-electron chi connectivity index (χ3n) is 3.60. The molecule has 6 nitrogen and oxygen atoms in total. The van der Waals surface area contributed by atoms with E-state index in [9.17, 15) is 17.6 Å². The number of ether oxygens (including phenoxy) is 2. The summed E-state index contributed by atoms with van der Waals surface area (Å²) < 4.78 is 66.0. The summed E-state index contributed by atoms with van der Waals surface area (Å²) in [6, 6.07) is 5.92. The Morgan fingerprint density at radius 2 is 1.67 bits per heavy atom. The maximum atomic E-state index is 13.9. The standard InChI is InChI=1S/C17H16F4N4O2/c1-4-25-14(17(19,20)21)9-15(23-25)26-12-6-11(18)7-13(8-12)27-16-5-10(2)22-24(16)3/h5-9H,4H2,1-3H3. The molecule has 3 aromatic rings. The lowest BCUT2D eigenvalue weighted by atomic mass is 10.3. The Morgan fingerprint density at radius 3 is 2.19 bits per heavy atom. The molecule has 1 aromatic carbocycles. The summed E-state index contributed by atoms with van der Waals surface area (Å²) in [5, 5.41) is 7.86. The topological polar surface area (TPSA) is 54.1 Å². The van der Waals surface area contributed by atoms with Gasteiger partial charge in [0.25, 0.3) is 0 Å². The number of hydrogen-bond acceptors (Lipinski definition) is 4. The summed E-state index contributed by atoms with van der Waals surface area (Å²) in [6.45, 7) is 3.31. The van der Waals surface area contributed by atoms with Crippen molar-refractivity contribution < 1.29 is 27.0 Å². The fraction of sp³-hybridized carbons (Fsp3) is 0.294. The molecule has 0 radical (unpaired) electrons. The maximum Gasteiger partial charge on any atom is 0.433 e. The Kier molecular flexibility index (Phi) is 4.81. The van der Waals surface area contributed by atoms with Crippen LogP contribution in [0.15, 0.2) is 30.3 Å². The number of rotatable bonds is 5. The summed E-state index contributed by atoms with van der Waals surface area (Å²) in [4.78, 5) is 0. The molecule has 0 spiro atoms. The summed E-state index contributed by atoms with van der Waals surface area (Å²) in [5.41, 5.74) is -0.233. The van der Waals surface area contributed by atoms with Crippen LogP contribution in [0.4, 0.5) is 17.6 Å². The van der Waals surface area contributed by atoms with Crippen LogP contribution in [0.2, 0.25) is 0 Å². The molecule has 10 heteroatoms. The van der Waals surface area contributed by atoms with Crippen LogP contribution < -0.4 is 9.47 Å². The number of hydrogen-bond donors (Lipinski definition) is 0. The van der Waals surface area contributed by atoms with Crippen LogP contribution >= 0.6 is 0 Å². The van der Waals surface area contributed by atoms with E-state index in [0.717, 1.165) is 22.9 Å². The SMILES string of the molecule is CCn1nc(Oc2cc(F)cc(Oc3cc(C)nn3C)c2)cc1C(F)(F)F. The van der Waals surface area contributed by atoms with Gasteiger partial charge in [0.15, 0.2) is 0 Å². The second-order valence-electron chi connectivity index (χ2n) is 5.76. The highest BCUT2D eigenvalue weighted by atomic mass is 19.4. The largest absolute Gasteiger partial charge is 0.439 e. The number of aryl methyl sites for hydroxylation is 3. The van der Waals surface area contributed by atoms with E-state index in [0.29, 0.717) is 11.6 Å². The quantitative estimate of drug-likeness (QED) is 0.599. The van der Waals surface area contributed by atoms with Crippen molar-refractivity contribution in [3.05, 3.63) is 47.5 Å². The molecule has 0 bridgehead atoms. The van der Waals surface area contributed by atoms with Gasteiger partial charge in [-0.2, -0.15) is 18.3 Å². The maximum absolute atomic E-state index is 13.9. The normalized spacial score (nSPS) is 11.7. The minimum atomic E-state index is -4.57. The molecule has 0 amide bonds. The van der Waals surface area contributed by atoms with E-state index in [4.69, 9.17) is 9.47 Å². The van der Waals surface area contributed by atoms with E-state index in [-0.39, 0.29) is 23.9 Å². The zero-order chi connectivity index (χ0) is 19.8. The zero-order valence-corrected chi connectivity index (χ0v) is 14.7. The molecule has 3 rings (SSSR count). The van der Waals surface area contributed by atoms with Gasteiger partial charge in [-0.15, -0.1) is 5.10 Å². The number of alkyl halides is 3. The van der Waals surface area contributed by atoms with Crippen molar-refractivity contribution in [1.29, 1.82) is 0 Å². The minimum Gasteiger partial charge on any atom is -0.439 e. The van der Waals surface area contributed by atoms with Gasteiger partial charge in [-0.25, -0.2) is 9.07 Å². The molecule has 0 N–H and O–H groups in total. The first-order valence-corrected chi connectivity index (χ1v) is 7.97. The van der Waals surface area contributed by atoms with Crippen molar-refractivity contribution in [2.24, 2.45) is 7.05 Å². The summed E-state index contributed by atoms with van der Waals surface area (Å²) in [7, 11) is 1.66. The van der Waals surface area contributed by atoms with E-state index in [1.165, 1.54) is 17.7 Å². The predicted molar refractivity (Wildman–Crippen MR) is 87.4 cm³/mol. The Labute approximate surface area is 151 Å². The molecule has 0 aliphatic carbocycles. The first kappa shape index (κ1) is 18.7. The van der Waals surface area contributed by atoms with Gasteiger partial charge in [-0.1, -0.05) is 0 Å². The lowest BCUT2D eigenvalue weighted by Crippen LogP contribution is -2.13. The smallest absolute Gasteiger partial charge is 0.433 e. The van der Waals surface area contributed by atoms with Gasteiger partial charge in [0.05, 0.1) is 5.69 Å². The molecule has 144 valence electrons. The molecule has 2 heterocycles. The summed E-state index contributed by atoms with van der Waals surface area (Å²) in [5.74, 6) is -0.527. The third kappa shape index (κ3) is 4.21. The van der Waals surface area contributed by atoms with Crippen LogP contribution in [0.1, 0.15) is 18.3 Å². The second kappa shape index (κ2) is 6.93. The van der Waals surface area contributed by atoms with Crippen LogP contribution in [0.25, 0.3) is 0 Å². The van der Waals surface area contributed by atoms with Crippen LogP contribution in [0, 0.1) is 12.7 Å². The summed E-state index contributed by atoms with van der Waals surface area (Å²) in [6.07, 6.45) is -4.57. The third-order valence-corrected chi connectivity index (χ3v) is 3.60. The lowest BCUT2D eigenvalue weighted by molar-refractivity contribution is -0.144. The zero-order valence-electron chi connectivity index (χ0n) is 14.7. The Morgan fingerprint density at radius 1 is 1.00 bits per heavy atom. The molecule has 2 aromatic heterocycles. The number of aromatic nitrogens is 4. The van der Waals surface area contributed by atoms with E-state index < -0.39 is 17.7 Å². The Bertz CT molecular complexity index is 962. The highest BCUT2D eigenvalue weighted by Crippen LogP contribution is 2.34. The van der Waals surface area contributed by atoms with Crippen molar-refractivity contribution in [1.82, 2.24) is 19.6 Å². The first-order valence-electron chi connectivity index (χ1n) is 7.97. The van der Waals surface area contributed by atoms with Gasteiger partial charge >= 0.3 is 6.18 Å². The van der Waals surface area contributed by atoms with Crippen molar-refractivity contribution in [3.63, 3.8) is 0 Å². The van der Waals surface area contributed by atoms with Crippen LogP contribution in [0.5, 0.6) is 23.3 Å². The van der Waals surface area contributed by atoms with Crippen molar-refractivity contribution in [2.45, 2.75) is 26.6 Å². The molecule has 27 heavy (non-hydrogen) atoms. The number of halogens is 4. The molecular formula is C17H16F4N4O2. The Hall–Kier alpha value is -3.04. The number of benzene rings is 1. The van der Waals surface area contributed by atoms with E-state index in [2.05, 4.69) is 10.2 Å². The van der Waals surface area contributed by atoms with Crippen molar-refractivity contribution >= 4 is 0 Å². The van der Waals surface area contributed by atoms with Gasteiger partial charge in [-0.05, 0) is 13.8 Å². The molecular weight excluding hydrogens is 368 g/mol. The molecule has 0 unspecified atom stereocenters. The van der Waals surface area contributed by atoms with Crippen molar-refractivity contribution in [3.8, 4) is 23.3 Å². The summed E-state index contributed by atoms with van der Waals surface area (Å²) >= 11 is 0. The monoisotopic (exact) mass is 384 g/mol. The van der Waals surface area contributed by atoms with Crippen molar-refractivity contribution in [2.75, 3.05) is 0 Å². The lowest BCUT2D eigenvalue weighted by Gasteiger charge is -2.08. The second-order valence-corrected chi connectivity index (χ2v) is 5.76. The predicted octanol–water partition coefficient (Wildman–Crippen LogP) is 4.69. The van der Waals surface area contributed by atoms with E-state index >= 15 is 0 Å². The van der Waals surface area contributed by atoms with Crippen LogP contribution in [-0.4, -0.2) is 19.6 Å². The highest BCUT2D eigenvalue weighted by Gasteiger charge is 2.36. The molecule has 0 saturated carbocycles. The molecule has 0 fully saturated rings. The average molecular weight is 384 g/mol. The first-order chi connectivity index (χ1) is 12.7. The highest BCUT2D eigenvalue weighted by molar-refractivity contribution is 5.38. The fourth-order valence-electron chi connectivity index (χ4n) is 2.49. The van der Waals surface area contributed by atoms with Gasteiger partial charge in [0.2, 0.25) is 11.8 Å². The van der Waals surface area contributed by atoms with Crippen LogP contribution in [0.3, 0.4) is 0 Å². The minimum absolute atomic E-state index is 0.00948. The van der Waals surface area contributed by atoms with Gasteiger partial charge < -0.3 is 9.47 Å². The fourth-order valence-corrected chi connectivity index (χ4v) is 2.49. The molecule has 0 aliphatic heterocycles. The van der Waals surface area contributed by atoms with E-state index in [1.807, 2.05) is 0 Å². The van der Waals surface area contributed by atoms with Gasteiger partial charge in [0, 0.05) is 43.9 Å². The van der Waals surface area contributed by atoms with Crippen LogP contribution in [-0.2, 0) is 19.8 Å². The number of nitrogens with zero attached hydrogens (tertiary/aromatic N) is 4. The molecule has 0 atom stereocenters.